The van der Waals surface area contributed by atoms with E-state index in [0.29, 0.717) is 5.56 Å². The highest BCUT2D eigenvalue weighted by atomic mass is 19.1. The predicted molar refractivity (Wildman–Crippen MR) is 134 cm³/mol. The third-order valence-electron chi connectivity index (χ3n) is 5.59. The molecule has 0 fully saturated rings. The Morgan fingerprint density at radius 3 is 1.71 bits per heavy atom. The first-order valence-electron chi connectivity index (χ1n) is 12.8. The van der Waals surface area contributed by atoms with Gasteiger partial charge in [-0.25, -0.2) is 8.78 Å². The predicted octanol–water partition coefficient (Wildman–Crippen LogP) is 8.96. The summed E-state index contributed by atoms with van der Waals surface area (Å²) in [4.78, 5) is 0. The summed E-state index contributed by atoms with van der Waals surface area (Å²) >= 11 is 0. The van der Waals surface area contributed by atoms with E-state index >= 15 is 0 Å². The third kappa shape index (κ3) is 10.6. The van der Waals surface area contributed by atoms with Crippen LogP contribution in [0.2, 0.25) is 0 Å². The van der Waals surface area contributed by atoms with Crippen LogP contribution in [0.15, 0.2) is 42.5 Å². The summed E-state index contributed by atoms with van der Waals surface area (Å²) in [5.41, 5.74) is 2.26. The lowest BCUT2D eigenvalue weighted by Crippen LogP contribution is -2.29. The van der Waals surface area contributed by atoms with Gasteiger partial charge in [-0.15, -0.1) is 0 Å². The molecule has 1 unspecified atom stereocenters. The average molecular weight is 477 g/mol. The quantitative estimate of drug-likeness (QED) is 0.179. The molecular formula is C29H42F2O3. The minimum Gasteiger partial charge on any atom is -0.327 e. The largest absolute Gasteiger partial charge is 0.327 e. The normalized spacial score (nSPS) is 12.8. The van der Waals surface area contributed by atoms with Crippen LogP contribution in [0.25, 0.3) is 11.1 Å². The van der Waals surface area contributed by atoms with Crippen LogP contribution in [0.5, 0.6) is 0 Å². The first kappa shape index (κ1) is 28.4. The zero-order valence-electron chi connectivity index (χ0n) is 21.5. The molecule has 0 amide bonds. The molecule has 34 heavy (non-hydrogen) atoms. The molecule has 0 radical (unpaired) electrons. The van der Waals surface area contributed by atoms with Gasteiger partial charge in [-0.3, -0.25) is 0 Å². The molecule has 0 aliphatic carbocycles. The molecular weight excluding hydrogens is 434 g/mol. The van der Waals surface area contributed by atoms with Crippen molar-refractivity contribution in [2.75, 3.05) is 0 Å². The highest BCUT2D eigenvalue weighted by Crippen LogP contribution is 2.30. The van der Waals surface area contributed by atoms with Crippen molar-refractivity contribution in [2.24, 2.45) is 0 Å². The van der Waals surface area contributed by atoms with Crippen LogP contribution in [0, 0.1) is 11.6 Å². The van der Waals surface area contributed by atoms with Gasteiger partial charge in [-0.1, -0.05) is 76.1 Å². The standard InChI is InChI=1S/C29H42F2O3/c1-6-7-8-9-10-11-12-13-28(34-29(32-21(2)3)33-22(4)5)24-16-14-23(15-17-24)25-18-26(30)20-27(31)19-25/h14-22,28-29H,6-13H2,1-5H3. The topological polar surface area (TPSA) is 27.7 Å². The van der Waals surface area contributed by atoms with Gasteiger partial charge in [0, 0.05) is 6.07 Å². The minimum atomic E-state index is -0.758. The number of benzene rings is 2. The molecule has 0 aliphatic rings. The summed E-state index contributed by atoms with van der Waals surface area (Å²) in [6, 6.07) is 11.3. The van der Waals surface area contributed by atoms with E-state index in [1.54, 1.807) is 0 Å². The van der Waals surface area contributed by atoms with Gasteiger partial charge in [0.1, 0.15) is 11.6 Å². The number of hydrogen-bond acceptors (Lipinski definition) is 3. The summed E-state index contributed by atoms with van der Waals surface area (Å²) in [7, 11) is 0. The number of rotatable bonds is 16. The number of ether oxygens (including phenoxy) is 3. The fourth-order valence-electron chi connectivity index (χ4n) is 3.89. The Kier molecular flexibility index (Phi) is 12.7. The lowest BCUT2D eigenvalue weighted by molar-refractivity contribution is -0.328. The van der Waals surface area contributed by atoms with Crippen molar-refractivity contribution in [2.45, 2.75) is 111 Å². The van der Waals surface area contributed by atoms with Crippen molar-refractivity contribution in [3.05, 3.63) is 59.7 Å². The van der Waals surface area contributed by atoms with E-state index in [9.17, 15) is 8.78 Å². The molecule has 0 aliphatic heterocycles. The van der Waals surface area contributed by atoms with Crippen molar-refractivity contribution in [3.63, 3.8) is 0 Å². The van der Waals surface area contributed by atoms with E-state index in [1.165, 1.54) is 44.2 Å². The second-order valence-electron chi connectivity index (χ2n) is 9.47. The van der Waals surface area contributed by atoms with E-state index in [2.05, 4.69) is 6.92 Å². The van der Waals surface area contributed by atoms with Crippen LogP contribution in [0.3, 0.4) is 0 Å². The van der Waals surface area contributed by atoms with Gasteiger partial charge < -0.3 is 14.2 Å². The number of unbranched alkanes of at least 4 members (excludes halogenated alkanes) is 6. The third-order valence-corrected chi connectivity index (χ3v) is 5.59. The molecule has 0 saturated carbocycles. The molecule has 5 heteroatoms. The van der Waals surface area contributed by atoms with Crippen molar-refractivity contribution in [1.29, 1.82) is 0 Å². The second kappa shape index (κ2) is 15.2. The first-order valence-corrected chi connectivity index (χ1v) is 12.8. The molecule has 0 bridgehead atoms. The van der Waals surface area contributed by atoms with Gasteiger partial charge in [0.15, 0.2) is 0 Å². The number of hydrogen-bond donors (Lipinski definition) is 0. The van der Waals surface area contributed by atoms with Gasteiger partial charge in [-0.2, -0.15) is 0 Å². The first-order chi connectivity index (χ1) is 16.3. The van der Waals surface area contributed by atoms with Gasteiger partial charge in [-0.05, 0) is 62.9 Å². The van der Waals surface area contributed by atoms with E-state index in [-0.39, 0.29) is 18.3 Å². The molecule has 0 heterocycles. The zero-order chi connectivity index (χ0) is 24.9. The lowest BCUT2D eigenvalue weighted by Gasteiger charge is -2.28. The summed E-state index contributed by atoms with van der Waals surface area (Å²) in [5, 5.41) is 0. The summed E-state index contributed by atoms with van der Waals surface area (Å²) in [6.07, 6.45) is 9.13. The maximum atomic E-state index is 13.7. The van der Waals surface area contributed by atoms with Crippen LogP contribution in [-0.4, -0.2) is 18.7 Å². The van der Waals surface area contributed by atoms with E-state index in [0.717, 1.165) is 36.5 Å². The molecule has 2 rings (SSSR count). The molecule has 2 aromatic rings. The van der Waals surface area contributed by atoms with E-state index in [4.69, 9.17) is 14.2 Å². The molecule has 0 N–H and O–H groups in total. The minimum absolute atomic E-state index is 0.0341. The molecule has 3 nitrogen and oxygen atoms in total. The molecule has 2 aromatic carbocycles. The molecule has 0 aromatic heterocycles. The van der Waals surface area contributed by atoms with E-state index < -0.39 is 18.1 Å². The van der Waals surface area contributed by atoms with Gasteiger partial charge >= 0.3 is 0 Å². The lowest BCUT2D eigenvalue weighted by atomic mass is 9.98. The van der Waals surface area contributed by atoms with Crippen molar-refractivity contribution >= 4 is 0 Å². The fourth-order valence-corrected chi connectivity index (χ4v) is 3.89. The van der Waals surface area contributed by atoms with Crippen LogP contribution in [0.1, 0.15) is 97.7 Å². The van der Waals surface area contributed by atoms with Gasteiger partial charge in [0.25, 0.3) is 6.48 Å². The SMILES string of the molecule is CCCCCCCCCC(OC(OC(C)C)OC(C)C)c1ccc(-c2cc(F)cc(F)c2)cc1. The summed E-state index contributed by atoms with van der Waals surface area (Å²) in [5.74, 6) is -1.17. The Balaban J connectivity index is 2.12. The highest BCUT2D eigenvalue weighted by molar-refractivity contribution is 5.63. The molecule has 190 valence electrons. The van der Waals surface area contributed by atoms with Crippen LogP contribution < -0.4 is 0 Å². The molecule has 0 spiro atoms. The van der Waals surface area contributed by atoms with Gasteiger partial charge in [0.2, 0.25) is 0 Å². The smallest absolute Gasteiger partial charge is 0.272 e. The maximum Gasteiger partial charge on any atom is 0.272 e. The fraction of sp³-hybridized carbons (Fsp3) is 0.586. The Morgan fingerprint density at radius 2 is 1.18 bits per heavy atom. The Hall–Kier alpha value is -1.82. The maximum absolute atomic E-state index is 13.7. The summed E-state index contributed by atoms with van der Waals surface area (Å²) in [6.45, 7) is 9.30. The van der Waals surface area contributed by atoms with Crippen LogP contribution in [-0.2, 0) is 14.2 Å². The van der Waals surface area contributed by atoms with Gasteiger partial charge in [0.05, 0.1) is 18.3 Å². The summed E-state index contributed by atoms with van der Waals surface area (Å²) < 4.78 is 45.4. The Morgan fingerprint density at radius 1 is 0.647 bits per heavy atom. The zero-order valence-corrected chi connectivity index (χ0v) is 21.5. The van der Waals surface area contributed by atoms with Crippen LogP contribution in [0.4, 0.5) is 8.78 Å². The van der Waals surface area contributed by atoms with Crippen molar-refractivity contribution < 1.29 is 23.0 Å². The second-order valence-corrected chi connectivity index (χ2v) is 9.47. The Labute approximate surface area is 204 Å². The Bertz CT molecular complexity index is 790. The highest BCUT2D eigenvalue weighted by Gasteiger charge is 2.22. The number of halogens is 2. The molecule has 0 saturated heterocycles. The monoisotopic (exact) mass is 476 g/mol. The van der Waals surface area contributed by atoms with Crippen molar-refractivity contribution in [3.8, 4) is 11.1 Å². The average Bonchev–Trinajstić information content (AvgIpc) is 2.76. The van der Waals surface area contributed by atoms with Crippen molar-refractivity contribution in [1.82, 2.24) is 0 Å². The van der Waals surface area contributed by atoms with E-state index in [1.807, 2.05) is 52.0 Å². The van der Waals surface area contributed by atoms with Crippen LogP contribution >= 0.6 is 0 Å². The molecule has 1 atom stereocenters.